The minimum absolute atomic E-state index is 0.172. The Morgan fingerprint density at radius 2 is 2.23 bits per heavy atom. The van der Waals surface area contributed by atoms with E-state index in [1.54, 1.807) is 6.07 Å². The molecule has 0 atom stereocenters. The zero-order valence-corrected chi connectivity index (χ0v) is 6.78. The van der Waals surface area contributed by atoms with Crippen molar-refractivity contribution < 1.29 is 5.11 Å². The summed E-state index contributed by atoms with van der Waals surface area (Å²) in [5.41, 5.74) is 0.900. The molecule has 0 saturated heterocycles. The van der Waals surface area contributed by atoms with Crippen LogP contribution in [0.1, 0.15) is 0 Å². The van der Waals surface area contributed by atoms with Crippen molar-refractivity contribution in [2.75, 3.05) is 6.67 Å². The van der Waals surface area contributed by atoms with E-state index >= 15 is 0 Å². The number of nitrogens with one attached hydrogen (secondary N) is 1. The largest absolute Gasteiger partial charge is 0.495 e. The predicted molar refractivity (Wildman–Crippen MR) is 47.1 cm³/mol. The lowest BCUT2D eigenvalue weighted by Gasteiger charge is -1.86. The molecule has 3 rings (SSSR count). The van der Waals surface area contributed by atoms with Gasteiger partial charge in [0.15, 0.2) is 5.88 Å². The topological polar surface area (TPSA) is 60.7 Å². The molecule has 64 valence electrons. The van der Waals surface area contributed by atoms with E-state index in [0.29, 0.717) is 6.67 Å². The number of hydrogen-bond donors (Lipinski definition) is 2. The number of aromatic nitrogens is 1. The van der Waals surface area contributed by atoms with E-state index in [-0.39, 0.29) is 5.88 Å². The van der Waals surface area contributed by atoms with Crippen LogP contribution < -0.4 is 10.7 Å². The molecule has 1 aliphatic rings. The first-order valence-corrected chi connectivity index (χ1v) is 4.04. The third kappa shape index (κ3) is 0.796. The number of nitrogens with zero attached hydrogens (tertiary/aromatic N) is 2. The minimum Gasteiger partial charge on any atom is -0.495 e. The van der Waals surface area contributed by atoms with Crippen LogP contribution in [-0.4, -0.2) is 16.8 Å². The van der Waals surface area contributed by atoms with Gasteiger partial charge in [-0.2, -0.15) is 0 Å². The maximum absolute atomic E-state index is 9.26. The van der Waals surface area contributed by atoms with Crippen LogP contribution in [0, 0.1) is 0 Å². The van der Waals surface area contributed by atoms with Gasteiger partial charge in [-0.3, -0.25) is 9.98 Å². The standard InChI is InChI=1S/C9H7N3O/c13-8-3-5-6(12-8)1-2-7-9(5)11-4-10-7/h1-3,12-13H,4H2. The lowest BCUT2D eigenvalue weighted by Crippen LogP contribution is -2.21. The van der Waals surface area contributed by atoms with Crippen LogP contribution in [0.2, 0.25) is 0 Å². The number of aromatic hydroxyl groups is 1. The molecule has 0 unspecified atom stereocenters. The second kappa shape index (κ2) is 2.10. The molecule has 4 heteroatoms. The van der Waals surface area contributed by atoms with Gasteiger partial charge in [-0.1, -0.05) is 0 Å². The molecular weight excluding hydrogens is 166 g/mol. The molecule has 0 aliphatic carbocycles. The van der Waals surface area contributed by atoms with Gasteiger partial charge in [0.1, 0.15) is 6.67 Å². The fourth-order valence-electron chi connectivity index (χ4n) is 1.64. The van der Waals surface area contributed by atoms with Crippen LogP contribution in [0.3, 0.4) is 0 Å². The van der Waals surface area contributed by atoms with Gasteiger partial charge < -0.3 is 10.1 Å². The molecule has 0 spiro atoms. The van der Waals surface area contributed by atoms with E-state index in [1.165, 1.54) is 0 Å². The van der Waals surface area contributed by atoms with Crippen LogP contribution in [0.5, 0.6) is 5.88 Å². The fraction of sp³-hybridized carbons (Fsp3) is 0.111. The van der Waals surface area contributed by atoms with Crippen molar-refractivity contribution in [1.82, 2.24) is 4.98 Å². The van der Waals surface area contributed by atoms with Gasteiger partial charge in [0.25, 0.3) is 0 Å². The smallest absolute Gasteiger partial charge is 0.189 e. The van der Waals surface area contributed by atoms with Gasteiger partial charge in [-0.15, -0.1) is 0 Å². The Morgan fingerprint density at radius 3 is 3.15 bits per heavy atom. The van der Waals surface area contributed by atoms with E-state index in [4.69, 9.17) is 0 Å². The summed E-state index contributed by atoms with van der Waals surface area (Å²) < 4.78 is 0. The van der Waals surface area contributed by atoms with Crippen LogP contribution in [0.25, 0.3) is 10.9 Å². The average molecular weight is 173 g/mol. The van der Waals surface area contributed by atoms with Crippen molar-refractivity contribution in [3.8, 4) is 5.88 Å². The maximum Gasteiger partial charge on any atom is 0.189 e. The summed E-state index contributed by atoms with van der Waals surface area (Å²) >= 11 is 0. The highest BCUT2D eigenvalue weighted by Gasteiger charge is 2.04. The van der Waals surface area contributed by atoms with Crippen molar-refractivity contribution >= 4 is 10.9 Å². The summed E-state index contributed by atoms with van der Waals surface area (Å²) in [5.74, 6) is 0.172. The molecule has 4 nitrogen and oxygen atoms in total. The van der Waals surface area contributed by atoms with Crippen LogP contribution >= 0.6 is 0 Å². The molecule has 2 N–H and O–H groups in total. The summed E-state index contributed by atoms with van der Waals surface area (Å²) in [5, 5.41) is 12.0. The number of rotatable bonds is 0. The Kier molecular flexibility index (Phi) is 1.07. The van der Waals surface area contributed by atoms with Crippen molar-refractivity contribution in [3.63, 3.8) is 0 Å². The highest BCUT2D eigenvalue weighted by atomic mass is 16.3. The number of H-pyrrole nitrogens is 1. The average Bonchev–Trinajstić information content (AvgIpc) is 2.65. The Labute approximate surface area is 73.3 Å². The van der Waals surface area contributed by atoms with Crippen LogP contribution in [0.15, 0.2) is 28.2 Å². The molecular formula is C9H7N3O. The highest BCUT2D eigenvalue weighted by molar-refractivity contribution is 5.80. The number of benzene rings is 1. The van der Waals surface area contributed by atoms with Crippen LogP contribution in [0.4, 0.5) is 0 Å². The van der Waals surface area contributed by atoms with E-state index in [2.05, 4.69) is 15.0 Å². The van der Waals surface area contributed by atoms with Gasteiger partial charge in [-0.25, -0.2) is 0 Å². The summed E-state index contributed by atoms with van der Waals surface area (Å²) in [6, 6.07) is 5.49. The normalized spacial score (nSPS) is 13.8. The zero-order chi connectivity index (χ0) is 8.84. The van der Waals surface area contributed by atoms with Gasteiger partial charge in [0.2, 0.25) is 0 Å². The Hall–Kier alpha value is -1.84. The lowest BCUT2D eigenvalue weighted by molar-refractivity contribution is 0.458. The first kappa shape index (κ1) is 6.65. The quantitative estimate of drug-likeness (QED) is 0.582. The van der Waals surface area contributed by atoms with Crippen molar-refractivity contribution in [3.05, 3.63) is 28.9 Å². The zero-order valence-electron chi connectivity index (χ0n) is 6.78. The molecule has 2 heterocycles. The lowest BCUT2D eigenvalue weighted by atomic mass is 10.2. The molecule has 1 aromatic carbocycles. The van der Waals surface area contributed by atoms with E-state index < -0.39 is 0 Å². The fourth-order valence-corrected chi connectivity index (χ4v) is 1.64. The maximum atomic E-state index is 9.26. The van der Waals surface area contributed by atoms with Gasteiger partial charge in [-0.05, 0) is 12.1 Å². The van der Waals surface area contributed by atoms with Crippen molar-refractivity contribution in [1.29, 1.82) is 0 Å². The molecule has 0 fully saturated rings. The molecule has 2 aromatic rings. The summed E-state index contributed by atoms with van der Waals surface area (Å²) in [6.07, 6.45) is 0. The SMILES string of the molecule is Oc1cc2c3c(ccc2[nH]1)=NCN=3. The first-order chi connectivity index (χ1) is 6.34. The molecule has 0 bridgehead atoms. The van der Waals surface area contributed by atoms with Crippen LogP contribution in [-0.2, 0) is 0 Å². The Bertz CT molecular complexity index is 597. The molecule has 0 amide bonds. The third-order valence-electron chi connectivity index (χ3n) is 2.21. The van der Waals surface area contributed by atoms with Gasteiger partial charge >= 0.3 is 0 Å². The molecule has 0 radical (unpaired) electrons. The van der Waals surface area contributed by atoms with E-state index in [1.807, 2.05) is 12.1 Å². The second-order valence-electron chi connectivity index (χ2n) is 3.01. The summed E-state index contributed by atoms with van der Waals surface area (Å²) in [7, 11) is 0. The first-order valence-electron chi connectivity index (χ1n) is 4.04. The molecule has 13 heavy (non-hydrogen) atoms. The minimum atomic E-state index is 0.172. The molecule has 1 aliphatic heterocycles. The number of hydrogen-bond acceptors (Lipinski definition) is 3. The highest BCUT2D eigenvalue weighted by Crippen LogP contribution is 2.14. The van der Waals surface area contributed by atoms with Gasteiger partial charge in [0.05, 0.1) is 16.2 Å². The Balaban J connectivity index is 2.65. The van der Waals surface area contributed by atoms with Gasteiger partial charge in [0, 0.05) is 11.5 Å². The van der Waals surface area contributed by atoms with E-state index in [9.17, 15) is 5.11 Å². The predicted octanol–water partition coefficient (Wildman–Crippen LogP) is 0.0838. The van der Waals surface area contributed by atoms with Crippen molar-refractivity contribution in [2.45, 2.75) is 0 Å². The Morgan fingerprint density at radius 1 is 1.31 bits per heavy atom. The number of aromatic amines is 1. The van der Waals surface area contributed by atoms with E-state index in [0.717, 1.165) is 21.6 Å². The molecule has 0 saturated carbocycles. The monoisotopic (exact) mass is 173 g/mol. The third-order valence-corrected chi connectivity index (χ3v) is 2.21. The number of fused-ring (bicyclic) bond motifs is 3. The summed E-state index contributed by atoms with van der Waals surface area (Å²) in [4.78, 5) is 11.3. The summed E-state index contributed by atoms with van der Waals surface area (Å²) in [6.45, 7) is 0.500. The molecule has 1 aromatic heterocycles. The van der Waals surface area contributed by atoms with Crippen molar-refractivity contribution in [2.24, 2.45) is 9.98 Å². The second-order valence-corrected chi connectivity index (χ2v) is 3.01.